The maximum absolute atomic E-state index is 5.52. The summed E-state index contributed by atoms with van der Waals surface area (Å²) in [6.45, 7) is 1.98. The van der Waals surface area contributed by atoms with E-state index >= 15 is 0 Å². The molecule has 0 aromatic carbocycles. The van der Waals surface area contributed by atoms with Crippen LogP contribution in [0.15, 0.2) is 28.8 Å². The lowest BCUT2D eigenvalue weighted by Crippen LogP contribution is -1.79. The summed E-state index contributed by atoms with van der Waals surface area (Å²) in [5, 5.41) is 0. The summed E-state index contributed by atoms with van der Waals surface area (Å²) in [4.78, 5) is 0. The van der Waals surface area contributed by atoms with Gasteiger partial charge in [-0.3, -0.25) is 0 Å². The molecule has 0 spiro atoms. The zero-order valence-corrected chi connectivity index (χ0v) is 7.24. The minimum absolute atomic E-state index is 0.915. The van der Waals surface area contributed by atoms with Gasteiger partial charge in [0.1, 0.15) is 5.76 Å². The SMILES string of the molecule is CC=Cc1cc2c(ccn2C)o1. The zero-order chi connectivity index (χ0) is 8.55. The largest absolute Gasteiger partial charge is 0.455 e. The molecule has 2 aromatic rings. The first-order valence-electron chi connectivity index (χ1n) is 3.99. The monoisotopic (exact) mass is 161 g/mol. The molecule has 0 N–H and O–H groups in total. The molecule has 0 aliphatic heterocycles. The molecule has 0 amide bonds. The Bertz CT molecular complexity index is 420. The number of aromatic nitrogens is 1. The van der Waals surface area contributed by atoms with Gasteiger partial charge in [0.2, 0.25) is 0 Å². The molecule has 2 rings (SSSR count). The molecule has 12 heavy (non-hydrogen) atoms. The second kappa shape index (κ2) is 2.55. The van der Waals surface area contributed by atoms with Crippen LogP contribution in [0.5, 0.6) is 0 Å². The fraction of sp³-hybridized carbons (Fsp3) is 0.200. The molecule has 0 radical (unpaired) electrons. The van der Waals surface area contributed by atoms with E-state index in [1.54, 1.807) is 0 Å². The molecule has 2 heteroatoms. The van der Waals surface area contributed by atoms with Crippen LogP contribution in [0.3, 0.4) is 0 Å². The van der Waals surface area contributed by atoms with E-state index in [0.717, 1.165) is 16.9 Å². The van der Waals surface area contributed by atoms with Gasteiger partial charge in [-0.15, -0.1) is 0 Å². The predicted octanol–water partition coefficient (Wildman–Crippen LogP) is 2.80. The van der Waals surface area contributed by atoms with Crippen molar-refractivity contribution in [3.05, 3.63) is 30.2 Å². The molecule has 0 unspecified atom stereocenters. The van der Waals surface area contributed by atoms with E-state index in [4.69, 9.17) is 4.42 Å². The molecule has 0 atom stereocenters. The number of hydrogen-bond donors (Lipinski definition) is 0. The van der Waals surface area contributed by atoms with E-state index in [9.17, 15) is 0 Å². The van der Waals surface area contributed by atoms with Crippen molar-refractivity contribution in [2.24, 2.45) is 7.05 Å². The van der Waals surface area contributed by atoms with Crippen LogP contribution in [0.25, 0.3) is 17.2 Å². The summed E-state index contributed by atoms with van der Waals surface area (Å²) in [5.41, 5.74) is 2.09. The number of fused-ring (bicyclic) bond motifs is 1. The second-order valence-corrected chi connectivity index (χ2v) is 2.82. The number of hydrogen-bond acceptors (Lipinski definition) is 1. The van der Waals surface area contributed by atoms with E-state index in [2.05, 4.69) is 0 Å². The normalized spacial score (nSPS) is 11.8. The second-order valence-electron chi connectivity index (χ2n) is 2.82. The molecule has 2 nitrogen and oxygen atoms in total. The van der Waals surface area contributed by atoms with Crippen molar-refractivity contribution in [1.82, 2.24) is 4.57 Å². The molecule has 2 aromatic heterocycles. The Morgan fingerprint density at radius 3 is 3.00 bits per heavy atom. The van der Waals surface area contributed by atoms with E-state index < -0.39 is 0 Å². The molecule has 0 saturated carbocycles. The summed E-state index contributed by atoms with van der Waals surface area (Å²) in [7, 11) is 2.01. The third kappa shape index (κ3) is 0.961. The Morgan fingerprint density at radius 1 is 1.50 bits per heavy atom. The third-order valence-corrected chi connectivity index (χ3v) is 1.92. The maximum atomic E-state index is 5.52. The Balaban J connectivity index is 2.62. The quantitative estimate of drug-likeness (QED) is 0.629. The maximum Gasteiger partial charge on any atom is 0.152 e. The Kier molecular flexibility index (Phi) is 1.54. The van der Waals surface area contributed by atoms with Crippen LogP contribution in [0.4, 0.5) is 0 Å². The molecular formula is C10H11NO. The fourth-order valence-corrected chi connectivity index (χ4v) is 1.32. The number of furan rings is 1. The first-order chi connectivity index (χ1) is 5.81. The van der Waals surface area contributed by atoms with Gasteiger partial charge in [-0.25, -0.2) is 0 Å². The summed E-state index contributed by atoms with van der Waals surface area (Å²) in [6.07, 6.45) is 5.92. The molecule has 62 valence electrons. The van der Waals surface area contributed by atoms with Crippen molar-refractivity contribution in [3.8, 4) is 0 Å². The summed E-state index contributed by atoms with van der Waals surface area (Å²) < 4.78 is 7.57. The third-order valence-electron chi connectivity index (χ3n) is 1.92. The molecule has 0 aliphatic carbocycles. The highest BCUT2D eigenvalue weighted by Gasteiger charge is 2.02. The number of allylic oxidation sites excluding steroid dienone is 1. The van der Waals surface area contributed by atoms with E-state index in [1.165, 1.54) is 0 Å². The lowest BCUT2D eigenvalue weighted by atomic mass is 10.4. The number of nitrogens with zero attached hydrogens (tertiary/aromatic N) is 1. The lowest BCUT2D eigenvalue weighted by molar-refractivity contribution is 0.604. The standard InChI is InChI=1S/C10H11NO/c1-3-4-8-7-9-10(12-8)5-6-11(9)2/h3-7H,1-2H3. The van der Waals surface area contributed by atoms with Crippen molar-refractivity contribution in [2.75, 3.05) is 0 Å². The van der Waals surface area contributed by atoms with Crippen molar-refractivity contribution in [3.63, 3.8) is 0 Å². The van der Waals surface area contributed by atoms with Crippen molar-refractivity contribution in [1.29, 1.82) is 0 Å². The van der Waals surface area contributed by atoms with E-state index in [0.29, 0.717) is 0 Å². The molecule has 2 heterocycles. The fourth-order valence-electron chi connectivity index (χ4n) is 1.32. The van der Waals surface area contributed by atoms with Gasteiger partial charge in [-0.2, -0.15) is 0 Å². The zero-order valence-electron chi connectivity index (χ0n) is 7.24. The minimum atomic E-state index is 0.915. The highest BCUT2D eigenvalue weighted by molar-refractivity contribution is 5.77. The van der Waals surface area contributed by atoms with Crippen LogP contribution >= 0.6 is 0 Å². The van der Waals surface area contributed by atoms with E-state index in [-0.39, 0.29) is 0 Å². The Labute approximate surface area is 71.1 Å². The molecular weight excluding hydrogens is 150 g/mol. The topological polar surface area (TPSA) is 18.1 Å². The van der Waals surface area contributed by atoms with Gasteiger partial charge < -0.3 is 8.98 Å². The van der Waals surface area contributed by atoms with Crippen LogP contribution in [0, 0.1) is 0 Å². The van der Waals surface area contributed by atoms with Gasteiger partial charge in [0.25, 0.3) is 0 Å². The number of rotatable bonds is 1. The van der Waals surface area contributed by atoms with Crippen LogP contribution in [-0.2, 0) is 7.05 Å². The van der Waals surface area contributed by atoms with Gasteiger partial charge in [-0.05, 0) is 19.1 Å². The van der Waals surface area contributed by atoms with Crippen molar-refractivity contribution in [2.45, 2.75) is 6.92 Å². The summed E-state index contributed by atoms with van der Waals surface area (Å²) in [6, 6.07) is 4.01. The Morgan fingerprint density at radius 2 is 2.33 bits per heavy atom. The van der Waals surface area contributed by atoms with Crippen LogP contribution < -0.4 is 0 Å². The van der Waals surface area contributed by atoms with Crippen LogP contribution in [-0.4, -0.2) is 4.57 Å². The van der Waals surface area contributed by atoms with Gasteiger partial charge in [0.05, 0.1) is 5.52 Å². The molecule has 0 aliphatic rings. The van der Waals surface area contributed by atoms with Crippen molar-refractivity contribution >= 4 is 17.2 Å². The first-order valence-corrected chi connectivity index (χ1v) is 3.99. The van der Waals surface area contributed by atoms with Crippen molar-refractivity contribution < 1.29 is 4.42 Å². The highest BCUT2D eigenvalue weighted by Crippen LogP contribution is 2.20. The summed E-state index contributed by atoms with van der Waals surface area (Å²) >= 11 is 0. The molecule has 0 fully saturated rings. The molecule has 0 bridgehead atoms. The number of aryl methyl sites for hydroxylation is 1. The van der Waals surface area contributed by atoms with Crippen LogP contribution in [0.2, 0.25) is 0 Å². The van der Waals surface area contributed by atoms with Crippen LogP contribution in [0.1, 0.15) is 12.7 Å². The van der Waals surface area contributed by atoms with Gasteiger partial charge in [0, 0.05) is 19.3 Å². The smallest absolute Gasteiger partial charge is 0.152 e. The highest BCUT2D eigenvalue weighted by atomic mass is 16.3. The Hall–Kier alpha value is -1.44. The minimum Gasteiger partial charge on any atom is -0.455 e. The van der Waals surface area contributed by atoms with Gasteiger partial charge in [-0.1, -0.05) is 6.08 Å². The van der Waals surface area contributed by atoms with E-state index in [1.807, 2.05) is 49.0 Å². The molecule has 0 saturated heterocycles. The average Bonchev–Trinajstić information content (AvgIpc) is 2.55. The summed E-state index contributed by atoms with van der Waals surface area (Å²) in [5.74, 6) is 0.915. The van der Waals surface area contributed by atoms with Gasteiger partial charge in [0.15, 0.2) is 5.58 Å². The van der Waals surface area contributed by atoms with Gasteiger partial charge >= 0.3 is 0 Å². The first kappa shape index (κ1) is 7.22. The average molecular weight is 161 g/mol. The predicted molar refractivity (Wildman–Crippen MR) is 49.9 cm³/mol. The lowest BCUT2D eigenvalue weighted by Gasteiger charge is -1.85.